The second kappa shape index (κ2) is 8.61. The van der Waals surface area contributed by atoms with Crippen LogP contribution >= 0.6 is 23.8 Å². The number of rotatable bonds is 5. The molecule has 0 spiro atoms. The molecule has 0 aromatic heterocycles. The molecule has 0 aliphatic carbocycles. The highest BCUT2D eigenvalue weighted by Crippen LogP contribution is 2.21. The van der Waals surface area contributed by atoms with Crippen molar-refractivity contribution in [1.29, 1.82) is 0 Å². The molecule has 0 radical (unpaired) electrons. The number of hydrogen-bond donors (Lipinski definition) is 2. The van der Waals surface area contributed by atoms with E-state index in [2.05, 4.69) is 10.6 Å². The summed E-state index contributed by atoms with van der Waals surface area (Å²) >= 11 is 11.2. The summed E-state index contributed by atoms with van der Waals surface area (Å²) in [5.41, 5.74) is 1.33. The van der Waals surface area contributed by atoms with E-state index in [-0.39, 0.29) is 24.5 Å². The highest BCUT2D eigenvalue weighted by molar-refractivity contribution is 7.80. The van der Waals surface area contributed by atoms with Crippen molar-refractivity contribution in [3.63, 3.8) is 0 Å². The topological polar surface area (TPSA) is 50.4 Å². The molecule has 2 aromatic rings. The third-order valence-corrected chi connectivity index (χ3v) is 3.69. The van der Waals surface area contributed by atoms with Crippen LogP contribution in [0.4, 0.5) is 10.1 Å². The molecule has 0 bridgehead atoms. The Balaban J connectivity index is 2.00. The number of thiocarbonyl (C=S) groups is 1. The van der Waals surface area contributed by atoms with Gasteiger partial charge in [-0.3, -0.25) is 0 Å². The van der Waals surface area contributed by atoms with E-state index in [1.165, 1.54) is 6.07 Å². The van der Waals surface area contributed by atoms with Crippen LogP contribution in [-0.2, 0) is 11.3 Å². The van der Waals surface area contributed by atoms with Crippen LogP contribution in [0.5, 0.6) is 0 Å². The number of carbonyl (C=O) groups excluding carboxylic acids is 1. The third-order valence-electron chi connectivity index (χ3n) is 3.12. The molecule has 0 fully saturated rings. The first-order chi connectivity index (χ1) is 11.5. The standard InChI is InChI=1S/C17H16ClFN2O2S/c1-2-23-16(22)13-9-12(7-8-14(13)18)21-17(24)20-10-11-5-3-4-6-15(11)19/h3-9H,2,10H2,1H3,(H2,20,21,24). The van der Waals surface area contributed by atoms with E-state index in [1.807, 2.05) is 0 Å². The van der Waals surface area contributed by atoms with Gasteiger partial charge in [-0.25, -0.2) is 9.18 Å². The lowest BCUT2D eigenvalue weighted by Gasteiger charge is -2.12. The normalized spacial score (nSPS) is 10.1. The van der Waals surface area contributed by atoms with Gasteiger partial charge in [0, 0.05) is 17.8 Å². The van der Waals surface area contributed by atoms with Crippen molar-refractivity contribution in [2.45, 2.75) is 13.5 Å². The Morgan fingerprint density at radius 2 is 2.04 bits per heavy atom. The lowest BCUT2D eigenvalue weighted by atomic mass is 10.2. The summed E-state index contributed by atoms with van der Waals surface area (Å²) in [5.74, 6) is -0.805. The molecule has 2 rings (SSSR count). The maximum atomic E-state index is 13.6. The Morgan fingerprint density at radius 1 is 1.29 bits per heavy atom. The van der Waals surface area contributed by atoms with E-state index in [1.54, 1.807) is 43.3 Å². The maximum absolute atomic E-state index is 13.6. The lowest BCUT2D eigenvalue weighted by Crippen LogP contribution is -2.28. The molecular formula is C17H16ClFN2O2S. The predicted octanol–water partition coefficient (Wildman–Crippen LogP) is 4.14. The van der Waals surface area contributed by atoms with Gasteiger partial charge in [-0.2, -0.15) is 0 Å². The molecule has 0 atom stereocenters. The van der Waals surface area contributed by atoms with Crippen LogP contribution in [0.25, 0.3) is 0 Å². The monoisotopic (exact) mass is 366 g/mol. The first kappa shape index (κ1) is 18.2. The van der Waals surface area contributed by atoms with Gasteiger partial charge in [-0.05, 0) is 43.4 Å². The number of anilines is 1. The third kappa shape index (κ3) is 4.91. The minimum absolute atomic E-state index is 0.247. The molecular weight excluding hydrogens is 351 g/mol. The summed E-state index contributed by atoms with van der Waals surface area (Å²) in [6.45, 7) is 2.22. The molecule has 0 heterocycles. The van der Waals surface area contributed by atoms with Crippen molar-refractivity contribution >= 4 is 40.6 Å². The van der Waals surface area contributed by atoms with Crippen molar-refractivity contribution < 1.29 is 13.9 Å². The minimum atomic E-state index is -0.503. The van der Waals surface area contributed by atoms with Gasteiger partial charge in [-0.1, -0.05) is 29.8 Å². The van der Waals surface area contributed by atoms with Gasteiger partial charge in [-0.15, -0.1) is 0 Å². The maximum Gasteiger partial charge on any atom is 0.339 e. The van der Waals surface area contributed by atoms with E-state index < -0.39 is 5.97 Å². The van der Waals surface area contributed by atoms with Crippen LogP contribution in [0.3, 0.4) is 0 Å². The molecule has 24 heavy (non-hydrogen) atoms. The van der Waals surface area contributed by atoms with E-state index in [9.17, 15) is 9.18 Å². The van der Waals surface area contributed by atoms with Gasteiger partial charge < -0.3 is 15.4 Å². The SMILES string of the molecule is CCOC(=O)c1cc(NC(=S)NCc2ccccc2F)ccc1Cl. The zero-order chi connectivity index (χ0) is 17.5. The number of carbonyl (C=O) groups is 1. The van der Waals surface area contributed by atoms with Crippen LogP contribution in [0.2, 0.25) is 5.02 Å². The Kier molecular flexibility index (Phi) is 6.52. The van der Waals surface area contributed by atoms with Crippen LogP contribution in [0.15, 0.2) is 42.5 Å². The fourth-order valence-electron chi connectivity index (χ4n) is 1.96. The summed E-state index contributed by atoms with van der Waals surface area (Å²) in [6, 6.07) is 11.3. The predicted molar refractivity (Wildman–Crippen MR) is 96.9 cm³/mol. The van der Waals surface area contributed by atoms with E-state index in [0.29, 0.717) is 21.4 Å². The van der Waals surface area contributed by atoms with Crippen molar-refractivity contribution in [2.75, 3.05) is 11.9 Å². The average Bonchev–Trinajstić information content (AvgIpc) is 2.56. The lowest BCUT2D eigenvalue weighted by molar-refractivity contribution is 0.0526. The summed E-state index contributed by atoms with van der Waals surface area (Å²) in [6.07, 6.45) is 0. The summed E-state index contributed by atoms with van der Waals surface area (Å²) < 4.78 is 18.5. The van der Waals surface area contributed by atoms with Crippen LogP contribution in [0.1, 0.15) is 22.8 Å². The summed E-state index contributed by atoms with van der Waals surface area (Å²) in [5, 5.41) is 6.43. The van der Waals surface area contributed by atoms with E-state index in [0.717, 1.165) is 0 Å². The minimum Gasteiger partial charge on any atom is -0.462 e. The smallest absolute Gasteiger partial charge is 0.339 e. The van der Waals surface area contributed by atoms with Crippen LogP contribution < -0.4 is 10.6 Å². The van der Waals surface area contributed by atoms with Crippen molar-refractivity contribution in [3.05, 3.63) is 64.4 Å². The van der Waals surface area contributed by atoms with E-state index in [4.69, 9.17) is 28.6 Å². The van der Waals surface area contributed by atoms with E-state index >= 15 is 0 Å². The molecule has 4 nitrogen and oxygen atoms in total. The molecule has 7 heteroatoms. The van der Waals surface area contributed by atoms with Gasteiger partial charge in [0.25, 0.3) is 0 Å². The quantitative estimate of drug-likeness (QED) is 0.615. The fraction of sp³-hybridized carbons (Fsp3) is 0.176. The Bertz CT molecular complexity index is 755. The van der Waals surface area contributed by atoms with Gasteiger partial charge >= 0.3 is 5.97 Å². The number of benzene rings is 2. The largest absolute Gasteiger partial charge is 0.462 e. The number of hydrogen-bond acceptors (Lipinski definition) is 3. The number of halogens is 2. The Morgan fingerprint density at radius 3 is 2.75 bits per heavy atom. The summed E-state index contributed by atoms with van der Waals surface area (Å²) in [7, 11) is 0. The molecule has 0 aliphatic rings. The van der Waals surface area contributed by atoms with Crippen molar-refractivity contribution in [2.24, 2.45) is 0 Å². The second-order valence-corrected chi connectivity index (χ2v) is 5.63. The fourth-order valence-corrected chi connectivity index (χ4v) is 2.35. The molecule has 0 saturated carbocycles. The summed E-state index contributed by atoms with van der Waals surface area (Å²) in [4.78, 5) is 11.8. The molecule has 2 aromatic carbocycles. The molecule has 0 unspecified atom stereocenters. The Hall–Kier alpha value is -2.18. The zero-order valence-corrected chi connectivity index (χ0v) is 14.5. The van der Waals surface area contributed by atoms with Crippen molar-refractivity contribution in [3.8, 4) is 0 Å². The molecule has 0 amide bonds. The zero-order valence-electron chi connectivity index (χ0n) is 12.9. The van der Waals surface area contributed by atoms with Crippen molar-refractivity contribution in [1.82, 2.24) is 5.32 Å². The highest BCUT2D eigenvalue weighted by atomic mass is 35.5. The van der Waals surface area contributed by atoms with Gasteiger partial charge in [0.15, 0.2) is 5.11 Å². The van der Waals surface area contributed by atoms with Gasteiger partial charge in [0.2, 0.25) is 0 Å². The first-order valence-electron chi connectivity index (χ1n) is 7.26. The first-order valence-corrected chi connectivity index (χ1v) is 8.04. The van der Waals surface area contributed by atoms with Gasteiger partial charge in [0.1, 0.15) is 5.82 Å². The number of nitrogens with one attached hydrogen (secondary N) is 2. The molecule has 126 valence electrons. The molecule has 2 N–H and O–H groups in total. The molecule has 0 saturated heterocycles. The number of esters is 1. The number of ether oxygens (including phenoxy) is 1. The molecule has 0 aliphatic heterocycles. The average molecular weight is 367 g/mol. The van der Waals surface area contributed by atoms with Gasteiger partial charge in [0.05, 0.1) is 17.2 Å². The highest BCUT2D eigenvalue weighted by Gasteiger charge is 2.12. The van der Waals surface area contributed by atoms with Crippen LogP contribution in [0, 0.1) is 5.82 Å². The second-order valence-electron chi connectivity index (χ2n) is 4.81. The van der Waals surface area contributed by atoms with Crippen LogP contribution in [-0.4, -0.2) is 17.7 Å². The Labute approximate surface area is 150 Å².